The van der Waals surface area contributed by atoms with Crippen molar-refractivity contribution in [1.82, 2.24) is 9.78 Å². The average Bonchev–Trinajstić information content (AvgIpc) is 2.66. The van der Waals surface area contributed by atoms with Crippen LogP contribution in [-0.4, -0.2) is 15.3 Å². The van der Waals surface area contributed by atoms with Crippen LogP contribution in [0.15, 0.2) is 12.3 Å². The monoisotopic (exact) mass is 221 g/mol. The molecule has 16 heavy (non-hydrogen) atoms. The quantitative estimate of drug-likeness (QED) is 0.830. The lowest BCUT2D eigenvalue weighted by molar-refractivity contribution is 0.244. The molecule has 0 atom stereocenters. The zero-order valence-electron chi connectivity index (χ0n) is 10.4. The van der Waals surface area contributed by atoms with Crippen LogP contribution in [0.4, 0.5) is 0 Å². The summed E-state index contributed by atoms with van der Waals surface area (Å²) in [5.74, 6) is 0. The van der Waals surface area contributed by atoms with Crippen molar-refractivity contribution in [2.24, 2.45) is 5.73 Å². The van der Waals surface area contributed by atoms with Gasteiger partial charge in [-0.2, -0.15) is 5.10 Å². The van der Waals surface area contributed by atoms with Crippen molar-refractivity contribution in [3.8, 4) is 0 Å². The summed E-state index contributed by atoms with van der Waals surface area (Å²) in [5, 5.41) is 4.66. The second-order valence-electron chi connectivity index (χ2n) is 5.15. The van der Waals surface area contributed by atoms with Crippen LogP contribution < -0.4 is 5.73 Å². The summed E-state index contributed by atoms with van der Waals surface area (Å²) in [6.07, 6.45) is 8.94. The van der Waals surface area contributed by atoms with Gasteiger partial charge in [0.1, 0.15) is 0 Å². The standard InChI is InChI=1S/C13H23N3/c1-3-12(4-2)16-9-6-11(15-16)10-13(14)7-5-8-13/h6,9,12H,3-5,7-8,10,14H2,1-2H3. The first kappa shape index (κ1) is 11.6. The molecule has 0 amide bonds. The van der Waals surface area contributed by atoms with Crippen molar-refractivity contribution in [2.45, 2.75) is 64.0 Å². The molecule has 1 saturated carbocycles. The first-order chi connectivity index (χ1) is 7.67. The molecule has 1 fully saturated rings. The molecule has 0 radical (unpaired) electrons. The second-order valence-corrected chi connectivity index (χ2v) is 5.15. The fourth-order valence-corrected chi connectivity index (χ4v) is 2.51. The van der Waals surface area contributed by atoms with Crippen molar-refractivity contribution in [3.05, 3.63) is 18.0 Å². The highest BCUT2D eigenvalue weighted by Crippen LogP contribution is 2.32. The zero-order chi connectivity index (χ0) is 11.6. The van der Waals surface area contributed by atoms with Crippen molar-refractivity contribution >= 4 is 0 Å². The van der Waals surface area contributed by atoms with E-state index in [0.717, 1.165) is 37.8 Å². The summed E-state index contributed by atoms with van der Waals surface area (Å²) < 4.78 is 2.11. The number of aromatic nitrogens is 2. The Balaban J connectivity index is 2.01. The topological polar surface area (TPSA) is 43.8 Å². The summed E-state index contributed by atoms with van der Waals surface area (Å²) in [5.41, 5.74) is 7.45. The summed E-state index contributed by atoms with van der Waals surface area (Å²) in [7, 11) is 0. The predicted octanol–water partition coefficient (Wildman–Crippen LogP) is 2.67. The Bertz CT molecular complexity index is 335. The third kappa shape index (κ3) is 2.29. The normalized spacial score (nSPS) is 18.8. The maximum absolute atomic E-state index is 6.24. The van der Waals surface area contributed by atoms with Crippen LogP contribution in [0.5, 0.6) is 0 Å². The van der Waals surface area contributed by atoms with Gasteiger partial charge >= 0.3 is 0 Å². The van der Waals surface area contributed by atoms with Crippen LogP contribution in [0.2, 0.25) is 0 Å². The molecule has 90 valence electrons. The molecule has 3 heteroatoms. The molecule has 1 aliphatic carbocycles. The van der Waals surface area contributed by atoms with Crippen LogP contribution in [0.1, 0.15) is 57.7 Å². The van der Waals surface area contributed by atoms with E-state index in [0.29, 0.717) is 6.04 Å². The van der Waals surface area contributed by atoms with E-state index in [1.807, 2.05) is 0 Å². The number of hydrogen-bond acceptors (Lipinski definition) is 2. The highest BCUT2D eigenvalue weighted by atomic mass is 15.3. The molecular formula is C13H23N3. The minimum atomic E-state index is 0.0487. The Morgan fingerprint density at radius 2 is 2.12 bits per heavy atom. The van der Waals surface area contributed by atoms with Crippen LogP contribution in [0, 0.1) is 0 Å². The van der Waals surface area contributed by atoms with E-state index in [2.05, 4.69) is 35.9 Å². The van der Waals surface area contributed by atoms with Crippen molar-refractivity contribution in [2.75, 3.05) is 0 Å². The van der Waals surface area contributed by atoms with Gasteiger partial charge in [0, 0.05) is 18.2 Å². The summed E-state index contributed by atoms with van der Waals surface area (Å²) in [6.45, 7) is 4.43. The van der Waals surface area contributed by atoms with E-state index in [1.54, 1.807) is 0 Å². The maximum Gasteiger partial charge on any atom is 0.0643 e. The van der Waals surface area contributed by atoms with Crippen LogP contribution in [0.25, 0.3) is 0 Å². The molecular weight excluding hydrogens is 198 g/mol. The molecule has 0 saturated heterocycles. The Labute approximate surface area is 98.0 Å². The van der Waals surface area contributed by atoms with E-state index in [9.17, 15) is 0 Å². The fraction of sp³-hybridized carbons (Fsp3) is 0.769. The van der Waals surface area contributed by atoms with Gasteiger partial charge in [-0.25, -0.2) is 0 Å². The molecule has 0 unspecified atom stereocenters. The van der Waals surface area contributed by atoms with Crippen LogP contribution in [0.3, 0.4) is 0 Å². The minimum absolute atomic E-state index is 0.0487. The number of nitrogens with zero attached hydrogens (tertiary/aromatic N) is 2. The predicted molar refractivity (Wildman–Crippen MR) is 66.3 cm³/mol. The van der Waals surface area contributed by atoms with E-state index in [-0.39, 0.29) is 5.54 Å². The molecule has 0 spiro atoms. The maximum atomic E-state index is 6.24. The van der Waals surface area contributed by atoms with E-state index < -0.39 is 0 Å². The minimum Gasteiger partial charge on any atom is -0.325 e. The Morgan fingerprint density at radius 3 is 2.62 bits per heavy atom. The molecule has 0 bridgehead atoms. The summed E-state index contributed by atoms with van der Waals surface area (Å²) >= 11 is 0. The fourth-order valence-electron chi connectivity index (χ4n) is 2.51. The lowest BCUT2D eigenvalue weighted by Gasteiger charge is -2.37. The van der Waals surface area contributed by atoms with Gasteiger partial charge in [0.05, 0.1) is 11.7 Å². The third-order valence-corrected chi connectivity index (χ3v) is 3.86. The SMILES string of the molecule is CCC(CC)n1ccc(CC2(N)CCC2)n1. The third-order valence-electron chi connectivity index (χ3n) is 3.86. The molecule has 2 rings (SSSR count). The molecule has 0 aliphatic heterocycles. The highest BCUT2D eigenvalue weighted by Gasteiger charge is 2.33. The van der Waals surface area contributed by atoms with Gasteiger partial charge in [0.2, 0.25) is 0 Å². The van der Waals surface area contributed by atoms with Crippen molar-refractivity contribution < 1.29 is 0 Å². The van der Waals surface area contributed by atoms with E-state index in [4.69, 9.17) is 5.73 Å². The first-order valence-electron chi connectivity index (χ1n) is 6.50. The van der Waals surface area contributed by atoms with E-state index in [1.165, 1.54) is 6.42 Å². The molecule has 1 heterocycles. The molecule has 2 N–H and O–H groups in total. The first-order valence-corrected chi connectivity index (χ1v) is 6.50. The zero-order valence-corrected chi connectivity index (χ0v) is 10.4. The van der Waals surface area contributed by atoms with Gasteiger partial charge in [-0.15, -0.1) is 0 Å². The van der Waals surface area contributed by atoms with Crippen LogP contribution >= 0.6 is 0 Å². The van der Waals surface area contributed by atoms with Gasteiger partial charge in [-0.3, -0.25) is 4.68 Å². The lowest BCUT2D eigenvalue weighted by Crippen LogP contribution is -2.48. The summed E-state index contributed by atoms with van der Waals surface area (Å²) in [6, 6.07) is 2.68. The molecule has 0 aromatic carbocycles. The molecule has 1 aromatic heterocycles. The number of hydrogen-bond donors (Lipinski definition) is 1. The Kier molecular flexibility index (Phi) is 3.33. The molecule has 1 aromatic rings. The van der Waals surface area contributed by atoms with Gasteiger partial charge < -0.3 is 5.73 Å². The van der Waals surface area contributed by atoms with E-state index >= 15 is 0 Å². The number of rotatable bonds is 5. The average molecular weight is 221 g/mol. The largest absolute Gasteiger partial charge is 0.325 e. The molecule has 3 nitrogen and oxygen atoms in total. The molecule has 1 aliphatic rings. The van der Waals surface area contributed by atoms with Gasteiger partial charge in [-0.05, 0) is 38.2 Å². The van der Waals surface area contributed by atoms with Crippen molar-refractivity contribution in [1.29, 1.82) is 0 Å². The Morgan fingerprint density at radius 1 is 1.44 bits per heavy atom. The smallest absolute Gasteiger partial charge is 0.0643 e. The second kappa shape index (κ2) is 4.58. The van der Waals surface area contributed by atoms with Gasteiger partial charge in [0.25, 0.3) is 0 Å². The van der Waals surface area contributed by atoms with Gasteiger partial charge in [-0.1, -0.05) is 13.8 Å². The van der Waals surface area contributed by atoms with Crippen molar-refractivity contribution in [3.63, 3.8) is 0 Å². The Hall–Kier alpha value is -0.830. The lowest BCUT2D eigenvalue weighted by atomic mass is 9.75. The summed E-state index contributed by atoms with van der Waals surface area (Å²) in [4.78, 5) is 0. The number of nitrogens with two attached hydrogens (primary N) is 1. The highest BCUT2D eigenvalue weighted by molar-refractivity contribution is 5.08. The van der Waals surface area contributed by atoms with Gasteiger partial charge in [0.15, 0.2) is 0 Å². The van der Waals surface area contributed by atoms with Crippen LogP contribution in [-0.2, 0) is 6.42 Å².